The summed E-state index contributed by atoms with van der Waals surface area (Å²) in [5.74, 6) is -0.463. The van der Waals surface area contributed by atoms with E-state index < -0.39 is 11.9 Å². The van der Waals surface area contributed by atoms with Gasteiger partial charge in [0.25, 0.3) is 0 Å². The Morgan fingerprint density at radius 2 is 2.20 bits per heavy atom. The van der Waals surface area contributed by atoms with Crippen molar-refractivity contribution in [3.63, 3.8) is 0 Å². The van der Waals surface area contributed by atoms with Crippen LogP contribution in [0.3, 0.4) is 0 Å². The minimum Gasteiger partial charge on any atom is -0.368 e. The predicted molar refractivity (Wildman–Crippen MR) is 41.2 cm³/mol. The molecule has 58 valence electrons. The Bertz CT molecular complexity index is 143. The van der Waals surface area contributed by atoms with Crippen LogP contribution in [-0.2, 0) is 4.79 Å². The number of carbonyl (C=O) groups is 1. The molecule has 1 atom stereocenters. The predicted octanol–water partition coefficient (Wildman–Crippen LogP) is 0.155. The van der Waals surface area contributed by atoms with Crippen LogP contribution in [0.4, 0.5) is 0 Å². The van der Waals surface area contributed by atoms with Crippen LogP contribution in [0.2, 0.25) is 0 Å². The third-order valence-corrected chi connectivity index (χ3v) is 1.37. The van der Waals surface area contributed by atoms with Crippen molar-refractivity contribution in [3.05, 3.63) is 12.2 Å². The molecule has 0 spiro atoms. The molecule has 0 saturated heterocycles. The highest BCUT2D eigenvalue weighted by Crippen LogP contribution is 2.04. The lowest BCUT2D eigenvalue weighted by atomic mass is 10.1. The zero-order chi connectivity index (χ0) is 8.15. The average molecular weight is 142 g/mol. The molecule has 0 aliphatic rings. The summed E-state index contributed by atoms with van der Waals surface area (Å²) in [7, 11) is 0. The van der Waals surface area contributed by atoms with Crippen LogP contribution < -0.4 is 11.5 Å². The summed E-state index contributed by atoms with van der Waals surface area (Å²) >= 11 is 0. The van der Waals surface area contributed by atoms with Gasteiger partial charge in [-0.15, -0.1) is 0 Å². The Kier molecular flexibility index (Phi) is 3.72. The van der Waals surface area contributed by atoms with Crippen molar-refractivity contribution >= 4 is 5.91 Å². The number of nitrogens with two attached hydrogens (primary N) is 2. The molecule has 0 radical (unpaired) electrons. The maximum atomic E-state index is 10.4. The van der Waals surface area contributed by atoms with Crippen molar-refractivity contribution in [2.45, 2.75) is 25.8 Å². The van der Waals surface area contributed by atoms with Crippen LogP contribution in [0.25, 0.3) is 0 Å². The maximum Gasteiger partial charge on any atom is 0.234 e. The molecule has 3 heteroatoms. The number of hydrogen-bond donors (Lipinski definition) is 2. The van der Waals surface area contributed by atoms with Gasteiger partial charge in [0.15, 0.2) is 0 Å². The fourth-order valence-electron chi connectivity index (χ4n) is 0.556. The maximum absolute atomic E-state index is 10.4. The van der Waals surface area contributed by atoms with Crippen molar-refractivity contribution in [2.24, 2.45) is 11.5 Å². The Morgan fingerprint density at radius 1 is 1.70 bits per heavy atom. The van der Waals surface area contributed by atoms with Gasteiger partial charge in [-0.3, -0.25) is 4.79 Å². The highest BCUT2D eigenvalue weighted by molar-refractivity contribution is 5.79. The van der Waals surface area contributed by atoms with E-state index in [0.29, 0.717) is 6.42 Å². The molecule has 0 aliphatic heterocycles. The second kappa shape index (κ2) is 4.06. The molecule has 0 fully saturated rings. The fraction of sp³-hybridized carbons (Fsp3) is 0.571. The van der Waals surface area contributed by atoms with Gasteiger partial charge in [0, 0.05) is 0 Å². The van der Waals surface area contributed by atoms with Gasteiger partial charge in [0.2, 0.25) is 5.91 Å². The lowest BCUT2D eigenvalue weighted by Crippen LogP contribution is -2.36. The van der Waals surface area contributed by atoms with Gasteiger partial charge >= 0.3 is 0 Å². The first-order chi connectivity index (χ1) is 4.57. The first-order valence-corrected chi connectivity index (χ1v) is 3.29. The Morgan fingerprint density at radius 3 is 2.50 bits per heavy atom. The monoisotopic (exact) mass is 142 g/mol. The van der Waals surface area contributed by atoms with Crippen LogP contribution in [-0.4, -0.2) is 11.9 Å². The van der Waals surface area contributed by atoms with E-state index in [0.717, 1.165) is 12.0 Å². The third kappa shape index (κ3) is 3.25. The minimum atomic E-state index is -0.563. The van der Waals surface area contributed by atoms with Crippen molar-refractivity contribution in [2.75, 3.05) is 0 Å². The first-order valence-electron chi connectivity index (χ1n) is 3.29. The van der Waals surface area contributed by atoms with Crippen LogP contribution in [0, 0.1) is 0 Å². The number of amides is 1. The third-order valence-electron chi connectivity index (χ3n) is 1.37. The molecule has 0 saturated carbocycles. The summed E-state index contributed by atoms with van der Waals surface area (Å²) in [6, 6.07) is -0.563. The van der Waals surface area contributed by atoms with Crippen molar-refractivity contribution in [1.82, 2.24) is 0 Å². The smallest absolute Gasteiger partial charge is 0.234 e. The van der Waals surface area contributed by atoms with Gasteiger partial charge in [0.05, 0.1) is 6.04 Å². The van der Waals surface area contributed by atoms with Crippen LogP contribution >= 0.6 is 0 Å². The Balaban J connectivity index is 3.68. The molecular weight excluding hydrogens is 128 g/mol. The Labute approximate surface area is 61.1 Å². The summed E-state index contributed by atoms with van der Waals surface area (Å²) in [5.41, 5.74) is 11.3. The molecule has 4 N–H and O–H groups in total. The van der Waals surface area contributed by atoms with Gasteiger partial charge in [-0.25, -0.2) is 0 Å². The van der Waals surface area contributed by atoms with E-state index in [4.69, 9.17) is 11.5 Å². The number of hydrogen-bond acceptors (Lipinski definition) is 2. The van der Waals surface area contributed by atoms with Crippen molar-refractivity contribution < 1.29 is 4.79 Å². The van der Waals surface area contributed by atoms with E-state index in [2.05, 4.69) is 6.58 Å². The fourth-order valence-corrected chi connectivity index (χ4v) is 0.556. The summed E-state index contributed by atoms with van der Waals surface area (Å²) < 4.78 is 0. The summed E-state index contributed by atoms with van der Waals surface area (Å²) in [5, 5.41) is 0. The average Bonchev–Trinajstić information content (AvgIpc) is 1.87. The SMILES string of the molecule is C=C(CC)CC(N)C(N)=O. The largest absolute Gasteiger partial charge is 0.368 e. The van der Waals surface area contributed by atoms with Gasteiger partial charge in [-0.05, 0) is 12.8 Å². The van der Waals surface area contributed by atoms with Crippen LogP contribution in [0.5, 0.6) is 0 Å². The second-order valence-corrected chi connectivity index (χ2v) is 2.32. The van der Waals surface area contributed by atoms with Gasteiger partial charge in [-0.2, -0.15) is 0 Å². The van der Waals surface area contributed by atoms with Gasteiger partial charge in [0.1, 0.15) is 0 Å². The van der Waals surface area contributed by atoms with E-state index >= 15 is 0 Å². The lowest BCUT2D eigenvalue weighted by Gasteiger charge is -2.06. The molecule has 0 aliphatic carbocycles. The van der Waals surface area contributed by atoms with Crippen molar-refractivity contribution in [3.8, 4) is 0 Å². The van der Waals surface area contributed by atoms with E-state index in [1.165, 1.54) is 0 Å². The van der Waals surface area contributed by atoms with E-state index in [1.807, 2.05) is 6.92 Å². The summed E-state index contributed by atoms with van der Waals surface area (Å²) in [4.78, 5) is 10.4. The highest BCUT2D eigenvalue weighted by atomic mass is 16.1. The van der Waals surface area contributed by atoms with E-state index in [9.17, 15) is 4.79 Å². The topological polar surface area (TPSA) is 69.1 Å². The molecular formula is C7H14N2O. The molecule has 1 unspecified atom stereocenters. The summed E-state index contributed by atoms with van der Waals surface area (Å²) in [6.07, 6.45) is 1.35. The molecule has 3 nitrogen and oxygen atoms in total. The van der Waals surface area contributed by atoms with E-state index in [1.54, 1.807) is 0 Å². The number of rotatable bonds is 4. The van der Waals surface area contributed by atoms with E-state index in [-0.39, 0.29) is 0 Å². The molecule has 0 heterocycles. The number of primary amides is 1. The van der Waals surface area contributed by atoms with Gasteiger partial charge < -0.3 is 11.5 Å². The molecule has 10 heavy (non-hydrogen) atoms. The second-order valence-electron chi connectivity index (χ2n) is 2.32. The van der Waals surface area contributed by atoms with Crippen molar-refractivity contribution in [1.29, 1.82) is 0 Å². The van der Waals surface area contributed by atoms with Crippen LogP contribution in [0.1, 0.15) is 19.8 Å². The quantitative estimate of drug-likeness (QED) is 0.549. The standard InChI is InChI=1S/C7H14N2O/c1-3-5(2)4-6(8)7(9)10/h6H,2-4,8H2,1H3,(H2,9,10). The molecule has 0 aromatic heterocycles. The highest BCUT2D eigenvalue weighted by Gasteiger charge is 2.08. The van der Waals surface area contributed by atoms with Crippen LogP contribution in [0.15, 0.2) is 12.2 Å². The molecule has 0 rings (SSSR count). The number of carbonyl (C=O) groups excluding carboxylic acids is 1. The summed E-state index contributed by atoms with van der Waals surface area (Å²) in [6.45, 7) is 5.68. The molecule has 0 bridgehead atoms. The Hall–Kier alpha value is -0.830. The van der Waals surface area contributed by atoms with Gasteiger partial charge in [-0.1, -0.05) is 19.1 Å². The molecule has 1 amide bonds. The first kappa shape index (κ1) is 9.17. The zero-order valence-electron chi connectivity index (χ0n) is 6.26. The molecule has 0 aromatic rings. The molecule has 0 aromatic carbocycles. The normalized spacial score (nSPS) is 12.6. The zero-order valence-corrected chi connectivity index (χ0v) is 6.26. The minimum absolute atomic E-state index is 0.463. The lowest BCUT2D eigenvalue weighted by molar-refractivity contribution is -0.119.